The summed E-state index contributed by atoms with van der Waals surface area (Å²) >= 11 is 23.0. The summed E-state index contributed by atoms with van der Waals surface area (Å²) in [6.07, 6.45) is 7.80. The molecule has 0 heterocycles. The summed E-state index contributed by atoms with van der Waals surface area (Å²) in [6.45, 7) is 0. The molecule has 0 bridgehead atoms. The van der Waals surface area contributed by atoms with Crippen LogP contribution < -0.4 is 0 Å². The van der Waals surface area contributed by atoms with Gasteiger partial charge in [-0.25, -0.2) is 0 Å². The van der Waals surface area contributed by atoms with Gasteiger partial charge in [0, 0.05) is 29.0 Å². The molecule has 108 valence electrons. The van der Waals surface area contributed by atoms with Crippen molar-refractivity contribution in [3.63, 3.8) is 0 Å². The van der Waals surface area contributed by atoms with E-state index in [4.69, 9.17) is 0 Å². The minimum absolute atomic E-state index is 0.394. The minimum atomic E-state index is 0.394. The number of alkyl halides is 6. The molecule has 6 heteroatoms. The molecule has 0 unspecified atom stereocenters. The summed E-state index contributed by atoms with van der Waals surface area (Å²) in [6, 6.07) is 0. The molecule has 0 aromatic heterocycles. The summed E-state index contributed by atoms with van der Waals surface area (Å²) in [5, 5.41) is 0. The number of rotatable bonds is 0. The van der Waals surface area contributed by atoms with Crippen molar-refractivity contribution in [1.29, 1.82) is 0 Å². The largest absolute Gasteiger partial charge is 0.0878 e. The Labute approximate surface area is 161 Å². The third-order valence-electron chi connectivity index (χ3n) is 3.31. The van der Waals surface area contributed by atoms with Crippen LogP contribution in [0.2, 0.25) is 0 Å². The van der Waals surface area contributed by atoms with Gasteiger partial charge in [-0.2, -0.15) is 0 Å². The molecule has 1 aliphatic carbocycles. The summed E-state index contributed by atoms with van der Waals surface area (Å²) in [5.41, 5.74) is 0. The number of hydrogen-bond donors (Lipinski definition) is 0. The van der Waals surface area contributed by atoms with Crippen LogP contribution >= 0.6 is 95.6 Å². The molecule has 0 amide bonds. The van der Waals surface area contributed by atoms with Crippen molar-refractivity contribution in [2.75, 3.05) is 0 Å². The smallest absolute Gasteiger partial charge is 0.0418 e. The molecular weight excluding hydrogens is 624 g/mol. The van der Waals surface area contributed by atoms with E-state index in [0.29, 0.717) is 29.0 Å². The summed E-state index contributed by atoms with van der Waals surface area (Å²) in [7, 11) is 0. The predicted molar refractivity (Wildman–Crippen MR) is 104 cm³/mol. The van der Waals surface area contributed by atoms with Crippen molar-refractivity contribution in [3.8, 4) is 0 Å². The van der Waals surface area contributed by atoms with E-state index in [2.05, 4.69) is 95.6 Å². The van der Waals surface area contributed by atoms with E-state index in [9.17, 15) is 0 Å². The van der Waals surface area contributed by atoms with Crippen LogP contribution in [0.15, 0.2) is 0 Å². The van der Waals surface area contributed by atoms with Crippen LogP contribution in [0.4, 0.5) is 0 Å². The van der Waals surface area contributed by atoms with Gasteiger partial charge in [-0.15, -0.1) is 0 Å². The van der Waals surface area contributed by atoms with Crippen molar-refractivity contribution in [2.24, 2.45) is 0 Å². The molecule has 1 aliphatic rings. The number of halogens is 6. The average Bonchev–Trinajstić information content (AvgIpc) is 2.37. The fourth-order valence-corrected chi connectivity index (χ4v) is 7.63. The van der Waals surface area contributed by atoms with Gasteiger partial charge in [0.05, 0.1) is 0 Å². The average molecular weight is 642 g/mol. The maximum Gasteiger partial charge on any atom is 0.0418 e. The lowest BCUT2D eigenvalue weighted by atomic mass is 10.0. The monoisotopic (exact) mass is 636 g/mol. The van der Waals surface area contributed by atoms with Crippen molar-refractivity contribution < 1.29 is 0 Å². The summed E-state index contributed by atoms with van der Waals surface area (Å²) in [4.78, 5) is 2.70. The van der Waals surface area contributed by atoms with Crippen LogP contribution in [0.5, 0.6) is 0 Å². The lowest BCUT2D eigenvalue weighted by molar-refractivity contribution is 0.549. The molecule has 0 aliphatic heterocycles. The Bertz CT molecular complexity index is 213. The second-order valence-corrected chi connectivity index (χ2v) is 11.4. The zero-order chi connectivity index (χ0) is 13.7. The van der Waals surface area contributed by atoms with Crippen molar-refractivity contribution in [3.05, 3.63) is 0 Å². The normalized spacial score (nSPS) is 45.0. The van der Waals surface area contributed by atoms with Gasteiger partial charge in [0.15, 0.2) is 0 Å². The molecule has 6 atom stereocenters. The maximum absolute atomic E-state index is 3.84. The Balaban J connectivity index is 2.71. The van der Waals surface area contributed by atoms with E-state index in [1.807, 2.05) is 0 Å². The summed E-state index contributed by atoms with van der Waals surface area (Å²) < 4.78 is 0. The third-order valence-corrected chi connectivity index (χ3v) is 13.6. The Kier molecular flexibility index (Phi) is 10.3. The van der Waals surface area contributed by atoms with Crippen LogP contribution in [0, 0.1) is 0 Å². The van der Waals surface area contributed by atoms with E-state index in [1.165, 1.54) is 38.5 Å². The van der Waals surface area contributed by atoms with Gasteiger partial charge >= 0.3 is 0 Å². The van der Waals surface area contributed by atoms with Gasteiger partial charge in [0.2, 0.25) is 0 Å². The molecule has 0 nitrogen and oxygen atoms in total. The SMILES string of the molecule is Br[C@@H]1[C@H](Br)[C@H](Br)[C@@H](Br)CCCCCC[C@H](Br)[C@@H]1Br. The van der Waals surface area contributed by atoms with E-state index in [1.54, 1.807) is 0 Å². The van der Waals surface area contributed by atoms with Gasteiger partial charge in [0.1, 0.15) is 0 Å². The molecule has 1 saturated carbocycles. The lowest BCUT2D eigenvalue weighted by Crippen LogP contribution is -2.39. The minimum Gasteiger partial charge on any atom is -0.0878 e. The van der Waals surface area contributed by atoms with Crippen molar-refractivity contribution >= 4 is 95.6 Å². The Hall–Kier alpha value is 2.88. The highest BCUT2D eigenvalue weighted by Crippen LogP contribution is 2.37. The van der Waals surface area contributed by atoms with Crippen LogP contribution in [0.25, 0.3) is 0 Å². The number of hydrogen-bond acceptors (Lipinski definition) is 0. The molecule has 0 radical (unpaired) electrons. The summed E-state index contributed by atoms with van der Waals surface area (Å²) in [5.74, 6) is 0. The van der Waals surface area contributed by atoms with E-state index in [0.717, 1.165) is 0 Å². The Morgan fingerprint density at radius 2 is 0.778 bits per heavy atom. The molecule has 1 rings (SSSR count). The molecule has 0 N–H and O–H groups in total. The van der Waals surface area contributed by atoms with Crippen molar-refractivity contribution in [1.82, 2.24) is 0 Å². The van der Waals surface area contributed by atoms with E-state index < -0.39 is 0 Å². The second-order valence-electron chi connectivity index (χ2n) is 4.80. The highest BCUT2D eigenvalue weighted by molar-refractivity contribution is 9.15. The zero-order valence-electron chi connectivity index (χ0n) is 9.97. The molecule has 0 aromatic carbocycles. The first-order chi connectivity index (χ1) is 8.45. The zero-order valence-corrected chi connectivity index (χ0v) is 19.5. The van der Waals surface area contributed by atoms with Gasteiger partial charge in [-0.1, -0.05) is 121 Å². The molecule has 0 aromatic rings. The molecule has 1 fully saturated rings. The fraction of sp³-hybridized carbons (Fsp3) is 1.00. The third kappa shape index (κ3) is 5.94. The van der Waals surface area contributed by atoms with Crippen LogP contribution in [0.1, 0.15) is 38.5 Å². The highest BCUT2D eigenvalue weighted by atomic mass is 79.9. The molecule has 18 heavy (non-hydrogen) atoms. The quantitative estimate of drug-likeness (QED) is 0.252. The Morgan fingerprint density at radius 3 is 1.11 bits per heavy atom. The first-order valence-corrected chi connectivity index (χ1v) is 11.8. The predicted octanol–water partition coefficient (Wildman–Crippen LogP) is 6.92. The Morgan fingerprint density at radius 1 is 0.444 bits per heavy atom. The second kappa shape index (κ2) is 9.81. The standard InChI is InChI=1S/C12H18Br6/c13-7-5-3-1-2-4-6-8(14)10(16)12(18)11(17)9(7)15/h7-12H,1-6H2/t7-,8-,9-,10+,11-,12+/m0/s1. The van der Waals surface area contributed by atoms with Crippen LogP contribution in [-0.4, -0.2) is 29.0 Å². The van der Waals surface area contributed by atoms with Crippen molar-refractivity contribution in [2.45, 2.75) is 67.5 Å². The van der Waals surface area contributed by atoms with Gasteiger partial charge in [-0.05, 0) is 12.8 Å². The topological polar surface area (TPSA) is 0 Å². The maximum atomic E-state index is 3.84. The van der Waals surface area contributed by atoms with Gasteiger partial charge < -0.3 is 0 Å². The first-order valence-electron chi connectivity index (χ1n) is 6.29. The highest BCUT2D eigenvalue weighted by Gasteiger charge is 2.35. The van der Waals surface area contributed by atoms with Gasteiger partial charge in [-0.3, -0.25) is 0 Å². The fourth-order valence-electron chi connectivity index (χ4n) is 2.10. The van der Waals surface area contributed by atoms with E-state index in [-0.39, 0.29) is 0 Å². The van der Waals surface area contributed by atoms with E-state index >= 15 is 0 Å². The van der Waals surface area contributed by atoms with Crippen LogP contribution in [0.3, 0.4) is 0 Å². The molecule has 0 spiro atoms. The molecule has 0 saturated heterocycles. The van der Waals surface area contributed by atoms with Gasteiger partial charge in [0.25, 0.3) is 0 Å². The molecular formula is C12H18Br6. The first kappa shape index (κ1) is 18.9. The van der Waals surface area contributed by atoms with Crippen LogP contribution in [-0.2, 0) is 0 Å². The lowest BCUT2D eigenvalue weighted by Gasteiger charge is -2.31.